The number of aliphatic imine (C=N–C) groups is 1. The van der Waals surface area contributed by atoms with Gasteiger partial charge in [-0.3, -0.25) is 4.99 Å². The molecule has 0 heterocycles. The van der Waals surface area contributed by atoms with Gasteiger partial charge in [-0.15, -0.1) is 0 Å². The van der Waals surface area contributed by atoms with Crippen molar-refractivity contribution >= 4 is 6.34 Å². The third kappa shape index (κ3) is 7.80. The molecule has 0 unspecified atom stereocenters. The predicted molar refractivity (Wildman–Crippen MR) is 64.0 cm³/mol. The molecule has 0 saturated heterocycles. The number of allylic oxidation sites excluding steroid dienone is 1. The van der Waals surface area contributed by atoms with Gasteiger partial charge in [0, 0.05) is 33.7 Å². The molecule has 82 valence electrons. The van der Waals surface area contributed by atoms with Gasteiger partial charge in [0.25, 0.3) is 0 Å². The molecule has 0 atom stereocenters. The largest absolute Gasteiger partial charge is 0.365 e. The lowest BCUT2D eigenvalue weighted by molar-refractivity contribution is 0.334. The van der Waals surface area contributed by atoms with Crippen LogP contribution in [-0.4, -0.2) is 56.9 Å². The fraction of sp³-hybridized carbons (Fsp3) is 0.727. The van der Waals surface area contributed by atoms with Crippen molar-refractivity contribution in [1.82, 2.24) is 9.80 Å². The highest BCUT2D eigenvalue weighted by Crippen LogP contribution is 1.87. The van der Waals surface area contributed by atoms with Gasteiger partial charge >= 0.3 is 0 Å². The Kier molecular flexibility index (Phi) is 8.24. The van der Waals surface area contributed by atoms with Gasteiger partial charge in [0.1, 0.15) is 0 Å². The monoisotopic (exact) mass is 197 g/mol. The first-order valence-corrected chi connectivity index (χ1v) is 5.16. The Morgan fingerprint density at radius 3 is 2.43 bits per heavy atom. The van der Waals surface area contributed by atoms with E-state index in [-0.39, 0.29) is 0 Å². The number of rotatable bonds is 7. The predicted octanol–water partition coefficient (Wildman–Crippen LogP) is 1.47. The minimum Gasteiger partial charge on any atom is -0.365 e. The summed E-state index contributed by atoms with van der Waals surface area (Å²) in [5, 5.41) is 0. The summed E-state index contributed by atoms with van der Waals surface area (Å²) >= 11 is 0. The van der Waals surface area contributed by atoms with E-state index >= 15 is 0 Å². The van der Waals surface area contributed by atoms with Gasteiger partial charge in [-0.2, -0.15) is 0 Å². The lowest BCUT2D eigenvalue weighted by Gasteiger charge is -2.18. The van der Waals surface area contributed by atoms with E-state index < -0.39 is 0 Å². The molecule has 0 aromatic heterocycles. The van der Waals surface area contributed by atoms with Crippen LogP contribution in [0.5, 0.6) is 0 Å². The van der Waals surface area contributed by atoms with Crippen LogP contribution in [0.1, 0.15) is 13.3 Å². The van der Waals surface area contributed by atoms with Crippen LogP contribution in [0.3, 0.4) is 0 Å². The summed E-state index contributed by atoms with van der Waals surface area (Å²) < 4.78 is 0. The number of likely N-dealkylation sites (N-methyl/N-ethyl adjacent to an activating group) is 2. The van der Waals surface area contributed by atoms with E-state index in [1.165, 1.54) is 0 Å². The van der Waals surface area contributed by atoms with E-state index in [0.717, 1.165) is 26.1 Å². The number of hydrogen-bond acceptors (Lipinski definition) is 2. The van der Waals surface area contributed by atoms with Crippen LogP contribution in [0.2, 0.25) is 0 Å². The lowest BCUT2D eigenvalue weighted by atomic mass is 10.4. The van der Waals surface area contributed by atoms with Gasteiger partial charge < -0.3 is 9.80 Å². The summed E-state index contributed by atoms with van der Waals surface area (Å²) in [7, 11) is 5.98. The van der Waals surface area contributed by atoms with E-state index in [9.17, 15) is 0 Å². The van der Waals surface area contributed by atoms with Crippen molar-refractivity contribution in [3.63, 3.8) is 0 Å². The molecule has 14 heavy (non-hydrogen) atoms. The third-order valence-corrected chi connectivity index (χ3v) is 1.97. The Bertz CT molecular complexity index is 175. The first-order valence-electron chi connectivity index (χ1n) is 5.16. The summed E-state index contributed by atoms with van der Waals surface area (Å²) in [4.78, 5) is 8.35. The molecule has 3 nitrogen and oxygen atoms in total. The smallest absolute Gasteiger partial charge is 0.0844 e. The van der Waals surface area contributed by atoms with Crippen molar-refractivity contribution in [3.05, 3.63) is 12.2 Å². The molecule has 0 N–H and O–H groups in total. The van der Waals surface area contributed by atoms with Crippen molar-refractivity contribution in [1.29, 1.82) is 0 Å². The summed E-state index contributed by atoms with van der Waals surface area (Å²) in [6.45, 7) is 5.28. The lowest BCUT2D eigenvalue weighted by Crippen LogP contribution is -2.30. The van der Waals surface area contributed by atoms with Gasteiger partial charge in [0.05, 0.1) is 6.34 Å². The zero-order valence-electron chi connectivity index (χ0n) is 9.90. The summed E-state index contributed by atoms with van der Waals surface area (Å²) in [6, 6.07) is 0. The molecule has 0 bridgehead atoms. The summed E-state index contributed by atoms with van der Waals surface area (Å²) in [5.41, 5.74) is 0. The van der Waals surface area contributed by atoms with Gasteiger partial charge in [0.15, 0.2) is 0 Å². The maximum Gasteiger partial charge on any atom is 0.0844 e. The minimum absolute atomic E-state index is 1.02. The first kappa shape index (κ1) is 13.2. The molecule has 0 aliphatic carbocycles. The van der Waals surface area contributed by atoms with Gasteiger partial charge in [-0.1, -0.05) is 19.1 Å². The van der Waals surface area contributed by atoms with Crippen molar-refractivity contribution in [2.75, 3.05) is 40.8 Å². The van der Waals surface area contributed by atoms with Gasteiger partial charge in [-0.25, -0.2) is 0 Å². The summed E-state index contributed by atoms with van der Waals surface area (Å²) in [5.74, 6) is 0. The Balaban J connectivity index is 3.52. The molecule has 0 aromatic carbocycles. The molecule has 0 radical (unpaired) electrons. The third-order valence-electron chi connectivity index (χ3n) is 1.97. The van der Waals surface area contributed by atoms with Crippen LogP contribution >= 0.6 is 0 Å². The Morgan fingerprint density at radius 2 is 1.86 bits per heavy atom. The fourth-order valence-electron chi connectivity index (χ4n) is 1.10. The van der Waals surface area contributed by atoms with Crippen LogP contribution in [-0.2, 0) is 0 Å². The molecule has 0 aromatic rings. The highest BCUT2D eigenvalue weighted by Gasteiger charge is 1.96. The standard InChI is InChI=1S/C11H23N3/c1-5-6-7-8-13(3)9-10-14(4)11-12-2/h6-7,11H,5,8-10H2,1-4H3/b7-6+,12-11?. The van der Waals surface area contributed by atoms with E-state index in [1.54, 1.807) is 7.05 Å². The fourth-order valence-corrected chi connectivity index (χ4v) is 1.10. The number of nitrogens with zero attached hydrogens (tertiary/aromatic N) is 3. The summed E-state index contributed by atoms with van der Waals surface area (Å²) in [6.07, 6.45) is 7.40. The molecular weight excluding hydrogens is 174 g/mol. The van der Waals surface area contributed by atoms with Gasteiger partial charge in [0.2, 0.25) is 0 Å². The molecule has 0 aliphatic heterocycles. The first-order chi connectivity index (χ1) is 6.70. The molecule has 0 fully saturated rings. The van der Waals surface area contributed by atoms with Crippen molar-refractivity contribution in [2.24, 2.45) is 4.99 Å². The molecule has 0 spiro atoms. The van der Waals surface area contributed by atoms with Crippen LogP contribution in [0.15, 0.2) is 17.1 Å². The van der Waals surface area contributed by atoms with Crippen LogP contribution in [0, 0.1) is 0 Å². The second-order valence-corrected chi connectivity index (χ2v) is 3.50. The quantitative estimate of drug-likeness (QED) is 0.350. The highest BCUT2D eigenvalue weighted by molar-refractivity contribution is 5.53. The zero-order chi connectivity index (χ0) is 10.8. The average molecular weight is 197 g/mol. The second kappa shape index (κ2) is 8.75. The van der Waals surface area contributed by atoms with Crippen molar-refractivity contribution < 1.29 is 0 Å². The molecule has 0 amide bonds. The SMILES string of the molecule is CC/C=C/CN(C)CCN(C)C=NC. The number of hydrogen-bond donors (Lipinski definition) is 0. The molecule has 0 saturated carbocycles. The van der Waals surface area contributed by atoms with E-state index in [1.807, 2.05) is 13.4 Å². The van der Waals surface area contributed by atoms with Crippen molar-refractivity contribution in [2.45, 2.75) is 13.3 Å². The maximum absolute atomic E-state index is 3.96. The highest BCUT2D eigenvalue weighted by atomic mass is 15.2. The molecule has 3 heteroatoms. The molecular formula is C11H23N3. The van der Waals surface area contributed by atoms with E-state index in [2.05, 4.69) is 40.9 Å². The van der Waals surface area contributed by atoms with Crippen molar-refractivity contribution in [3.8, 4) is 0 Å². The minimum atomic E-state index is 1.02. The average Bonchev–Trinajstić information content (AvgIpc) is 2.16. The zero-order valence-corrected chi connectivity index (χ0v) is 9.90. The Labute approximate surface area is 88.1 Å². The maximum atomic E-state index is 3.96. The normalized spacial score (nSPS) is 12.1. The van der Waals surface area contributed by atoms with Crippen LogP contribution in [0.4, 0.5) is 0 Å². The topological polar surface area (TPSA) is 18.8 Å². The Morgan fingerprint density at radius 1 is 1.14 bits per heavy atom. The molecule has 0 aliphatic rings. The van der Waals surface area contributed by atoms with E-state index in [4.69, 9.17) is 0 Å². The van der Waals surface area contributed by atoms with Crippen LogP contribution < -0.4 is 0 Å². The van der Waals surface area contributed by atoms with E-state index in [0.29, 0.717) is 0 Å². The van der Waals surface area contributed by atoms with Crippen LogP contribution in [0.25, 0.3) is 0 Å². The van der Waals surface area contributed by atoms with Gasteiger partial charge in [-0.05, 0) is 13.5 Å². The Hall–Kier alpha value is -0.830. The second-order valence-electron chi connectivity index (χ2n) is 3.50. The molecule has 0 rings (SSSR count).